The zero-order valence-corrected chi connectivity index (χ0v) is 13.2. The van der Waals surface area contributed by atoms with E-state index in [4.69, 9.17) is 5.73 Å². The van der Waals surface area contributed by atoms with Crippen LogP contribution in [0.15, 0.2) is 48.5 Å². The molecule has 0 saturated heterocycles. The van der Waals surface area contributed by atoms with Crippen LogP contribution in [0, 0.1) is 0 Å². The van der Waals surface area contributed by atoms with Gasteiger partial charge in [0.2, 0.25) is 0 Å². The fraction of sp³-hybridized carbons (Fsp3) is 0.368. The highest BCUT2D eigenvalue weighted by Gasteiger charge is 2.06. The molecule has 112 valence electrons. The van der Waals surface area contributed by atoms with E-state index in [9.17, 15) is 0 Å². The summed E-state index contributed by atoms with van der Waals surface area (Å²) in [5.41, 5.74) is 10.9. The van der Waals surface area contributed by atoms with E-state index in [1.807, 2.05) is 0 Å². The van der Waals surface area contributed by atoms with Crippen molar-refractivity contribution in [2.45, 2.75) is 39.8 Å². The zero-order chi connectivity index (χ0) is 15.1. The van der Waals surface area contributed by atoms with Crippen molar-refractivity contribution in [2.75, 3.05) is 11.4 Å². The van der Waals surface area contributed by atoms with E-state index in [1.54, 1.807) is 0 Å². The van der Waals surface area contributed by atoms with Gasteiger partial charge >= 0.3 is 0 Å². The molecule has 2 aromatic rings. The third-order valence-electron chi connectivity index (χ3n) is 3.84. The molecule has 0 saturated carbocycles. The third kappa shape index (κ3) is 4.33. The van der Waals surface area contributed by atoms with Crippen molar-refractivity contribution >= 4 is 5.69 Å². The van der Waals surface area contributed by atoms with Crippen LogP contribution in [0.4, 0.5) is 5.69 Å². The summed E-state index contributed by atoms with van der Waals surface area (Å²) < 4.78 is 0. The molecule has 0 unspecified atom stereocenters. The van der Waals surface area contributed by atoms with Gasteiger partial charge in [0, 0.05) is 25.3 Å². The number of nitrogens with zero attached hydrogens (tertiary/aromatic N) is 1. The Kier molecular flexibility index (Phi) is 5.82. The van der Waals surface area contributed by atoms with Gasteiger partial charge in [0.25, 0.3) is 0 Å². The highest BCUT2D eigenvalue weighted by atomic mass is 15.1. The summed E-state index contributed by atoms with van der Waals surface area (Å²) in [4.78, 5) is 2.43. The Labute approximate surface area is 128 Å². The number of rotatable bonds is 7. The predicted octanol–water partition coefficient (Wildman–Crippen LogP) is 4.12. The number of anilines is 1. The Morgan fingerprint density at radius 3 is 1.90 bits per heavy atom. The first-order chi connectivity index (χ1) is 10.3. The van der Waals surface area contributed by atoms with Gasteiger partial charge in [-0.05, 0) is 41.7 Å². The summed E-state index contributed by atoms with van der Waals surface area (Å²) >= 11 is 0. The fourth-order valence-electron chi connectivity index (χ4n) is 2.51. The second-order valence-electron chi connectivity index (χ2n) is 5.46. The molecular weight excluding hydrogens is 256 g/mol. The maximum absolute atomic E-state index is 5.67. The second kappa shape index (κ2) is 7.84. The van der Waals surface area contributed by atoms with Crippen LogP contribution < -0.4 is 10.6 Å². The number of aryl methyl sites for hydroxylation is 1. The van der Waals surface area contributed by atoms with Crippen LogP contribution in [0.3, 0.4) is 0 Å². The normalized spacial score (nSPS) is 10.6. The topological polar surface area (TPSA) is 29.3 Å². The number of benzene rings is 2. The van der Waals surface area contributed by atoms with E-state index in [0.717, 1.165) is 25.9 Å². The maximum Gasteiger partial charge on any atom is 0.0429 e. The van der Waals surface area contributed by atoms with Crippen LogP contribution in [0.1, 0.15) is 37.0 Å². The minimum Gasteiger partial charge on any atom is -0.367 e. The van der Waals surface area contributed by atoms with Crippen molar-refractivity contribution < 1.29 is 0 Å². The summed E-state index contributed by atoms with van der Waals surface area (Å²) in [5, 5.41) is 0. The van der Waals surface area contributed by atoms with E-state index >= 15 is 0 Å². The highest BCUT2D eigenvalue weighted by Crippen LogP contribution is 2.19. The Morgan fingerprint density at radius 1 is 0.810 bits per heavy atom. The first-order valence-corrected chi connectivity index (χ1v) is 7.88. The SMILES string of the molecule is CCCN(Cc1ccc(CC)cc1)c1ccc(CN)cc1. The van der Waals surface area contributed by atoms with Gasteiger partial charge in [-0.1, -0.05) is 50.2 Å². The molecule has 0 fully saturated rings. The molecule has 0 amide bonds. The van der Waals surface area contributed by atoms with Gasteiger partial charge < -0.3 is 10.6 Å². The van der Waals surface area contributed by atoms with Crippen LogP contribution in [0.25, 0.3) is 0 Å². The van der Waals surface area contributed by atoms with E-state index < -0.39 is 0 Å². The summed E-state index contributed by atoms with van der Waals surface area (Å²) in [6.45, 7) is 7.04. The van der Waals surface area contributed by atoms with Crippen LogP contribution >= 0.6 is 0 Å². The molecular formula is C19H26N2. The number of hydrogen-bond acceptors (Lipinski definition) is 2. The lowest BCUT2D eigenvalue weighted by molar-refractivity contribution is 0.767. The zero-order valence-electron chi connectivity index (χ0n) is 13.2. The molecule has 2 rings (SSSR count). The van der Waals surface area contributed by atoms with Crippen LogP contribution in [-0.4, -0.2) is 6.54 Å². The molecule has 2 N–H and O–H groups in total. The van der Waals surface area contributed by atoms with Crippen LogP contribution in [0.5, 0.6) is 0 Å². The molecule has 0 bridgehead atoms. The predicted molar refractivity (Wildman–Crippen MR) is 91.5 cm³/mol. The second-order valence-corrected chi connectivity index (χ2v) is 5.46. The number of hydrogen-bond donors (Lipinski definition) is 1. The molecule has 0 aliphatic heterocycles. The Hall–Kier alpha value is -1.80. The van der Waals surface area contributed by atoms with Gasteiger partial charge in [-0.2, -0.15) is 0 Å². The summed E-state index contributed by atoms with van der Waals surface area (Å²) in [5.74, 6) is 0. The lowest BCUT2D eigenvalue weighted by Gasteiger charge is -2.25. The van der Waals surface area contributed by atoms with Crippen molar-refractivity contribution in [3.63, 3.8) is 0 Å². The molecule has 0 aliphatic rings. The van der Waals surface area contributed by atoms with E-state index in [1.165, 1.54) is 22.4 Å². The summed E-state index contributed by atoms with van der Waals surface area (Å²) in [7, 11) is 0. The summed E-state index contributed by atoms with van der Waals surface area (Å²) in [6.07, 6.45) is 2.24. The van der Waals surface area contributed by atoms with E-state index in [-0.39, 0.29) is 0 Å². The standard InChI is InChI=1S/C19H26N2/c1-3-13-21(19-11-9-17(14-20)10-12-19)15-18-7-5-16(4-2)6-8-18/h5-12H,3-4,13-15,20H2,1-2H3. The van der Waals surface area contributed by atoms with E-state index in [0.29, 0.717) is 6.54 Å². The lowest BCUT2D eigenvalue weighted by Crippen LogP contribution is -2.23. The van der Waals surface area contributed by atoms with Gasteiger partial charge in [-0.3, -0.25) is 0 Å². The molecule has 0 radical (unpaired) electrons. The van der Waals surface area contributed by atoms with Crippen molar-refractivity contribution in [3.8, 4) is 0 Å². The Balaban J connectivity index is 2.13. The molecule has 0 heterocycles. The quantitative estimate of drug-likeness (QED) is 0.827. The fourth-order valence-corrected chi connectivity index (χ4v) is 2.51. The number of nitrogens with two attached hydrogens (primary N) is 1. The highest BCUT2D eigenvalue weighted by molar-refractivity contribution is 5.48. The molecule has 21 heavy (non-hydrogen) atoms. The minimum absolute atomic E-state index is 0.604. The Bertz CT molecular complexity index is 528. The molecule has 0 aliphatic carbocycles. The molecule has 2 nitrogen and oxygen atoms in total. The van der Waals surface area contributed by atoms with Gasteiger partial charge in [0.05, 0.1) is 0 Å². The minimum atomic E-state index is 0.604. The van der Waals surface area contributed by atoms with Crippen molar-refractivity contribution in [1.82, 2.24) is 0 Å². The smallest absolute Gasteiger partial charge is 0.0429 e. The summed E-state index contributed by atoms with van der Waals surface area (Å²) in [6, 6.07) is 17.6. The average Bonchev–Trinajstić information content (AvgIpc) is 2.55. The largest absolute Gasteiger partial charge is 0.367 e. The van der Waals surface area contributed by atoms with Gasteiger partial charge in [-0.15, -0.1) is 0 Å². The first kappa shape index (κ1) is 15.6. The molecule has 0 aromatic heterocycles. The monoisotopic (exact) mass is 282 g/mol. The molecule has 0 atom stereocenters. The maximum atomic E-state index is 5.67. The van der Waals surface area contributed by atoms with Crippen molar-refractivity contribution in [1.29, 1.82) is 0 Å². The van der Waals surface area contributed by atoms with Crippen LogP contribution in [-0.2, 0) is 19.5 Å². The van der Waals surface area contributed by atoms with Gasteiger partial charge in [0.1, 0.15) is 0 Å². The van der Waals surface area contributed by atoms with E-state index in [2.05, 4.69) is 67.3 Å². The van der Waals surface area contributed by atoms with Gasteiger partial charge in [-0.25, -0.2) is 0 Å². The molecule has 2 heteroatoms. The lowest BCUT2D eigenvalue weighted by atomic mass is 10.1. The molecule has 2 aromatic carbocycles. The molecule has 0 spiro atoms. The van der Waals surface area contributed by atoms with Crippen LogP contribution in [0.2, 0.25) is 0 Å². The Morgan fingerprint density at radius 2 is 1.38 bits per heavy atom. The van der Waals surface area contributed by atoms with Crippen molar-refractivity contribution in [3.05, 3.63) is 65.2 Å². The van der Waals surface area contributed by atoms with Gasteiger partial charge in [0.15, 0.2) is 0 Å². The van der Waals surface area contributed by atoms with Crippen molar-refractivity contribution in [2.24, 2.45) is 5.73 Å². The average molecular weight is 282 g/mol. The first-order valence-electron chi connectivity index (χ1n) is 7.88. The third-order valence-corrected chi connectivity index (χ3v) is 3.84.